The van der Waals surface area contributed by atoms with Gasteiger partial charge >= 0.3 is 11.9 Å². The molecule has 0 bridgehead atoms. The van der Waals surface area contributed by atoms with Crippen LogP contribution in [0.4, 0.5) is 0 Å². The highest BCUT2D eigenvalue weighted by molar-refractivity contribution is 6.03. The third-order valence-electron chi connectivity index (χ3n) is 1.97. The molecule has 0 saturated carbocycles. The number of hydrogen-bond donors (Lipinski definition) is 2. The van der Waals surface area contributed by atoms with Crippen LogP contribution in [-0.2, 0) is 16.6 Å². The van der Waals surface area contributed by atoms with Gasteiger partial charge in [0, 0.05) is 13.2 Å². The second kappa shape index (κ2) is 5.80. The molecule has 0 aliphatic carbocycles. The van der Waals surface area contributed by atoms with Gasteiger partial charge in [0.15, 0.2) is 5.69 Å². The maximum Gasteiger partial charge on any atom is 0.339 e. The Morgan fingerprint density at radius 1 is 1.50 bits per heavy atom. The number of carboxylic acids is 1. The Hall–Kier alpha value is -2.38. The fraction of sp³-hybridized carbons (Fsp3) is 0.400. The second-order valence-electron chi connectivity index (χ2n) is 3.36. The van der Waals surface area contributed by atoms with Crippen LogP contribution in [0.15, 0.2) is 6.20 Å². The monoisotopic (exact) mass is 255 g/mol. The van der Waals surface area contributed by atoms with Crippen molar-refractivity contribution in [2.45, 2.75) is 6.92 Å². The lowest BCUT2D eigenvalue weighted by atomic mass is 10.2. The fourth-order valence-corrected chi connectivity index (χ4v) is 1.26. The summed E-state index contributed by atoms with van der Waals surface area (Å²) in [6.45, 7) is 1.52. The first kappa shape index (κ1) is 13.7. The Bertz CT molecular complexity index is 480. The van der Waals surface area contributed by atoms with Crippen LogP contribution in [0.25, 0.3) is 0 Å². The number of aromatic nitrogens is 2. The van der Waals surface area contributed by atoms with Crippen molar-refractivity contribution in [2.24, 2.45) is 7.05 Å². The SMILES string of the molecule is CCOC(=O)CNC(=O)c1nn(C)cc1C(=O)O. The standard InChI is InChI=1S/C10H13N3O5/c1-3-18-7(14)4-11-9(15)8-6(10(16)17)5-13(2)12-8/h5H,3-4H2,1-2H3,(H,11,15)(H,16,17). The number of ether oxygens (including phenoxy) is 1. The Kier molecular flexibility index (Phi) is 4.41. The van der Waals surface area contributed by atoms with E-state index in [0.717, 1.165) is 0 Å². The molecule has 0 aromatic carbocycles. The highest BCUT2D eigenvalue weighted by atomic mass is 16.5. The normalized spacial score (nSPS) is 9.89. The first-order chi connectivity index (χ1) is 8.45. The Labute approximate surface area is 103 Å². The van der Waals surface area contributed by atoms with Crippen molar-refractivity contribution in [2.75, 3.05) is 13.2 Å². The number of carboxylic acid groups (broad SMARTS) is 1. The number of aromatic carboxylic acids is 1. The predicted molar refractivity (Wildman–Crippen MR) is 59.1 cm³/mol. The van der Waals surface area contributed by atoms with E-state index in [9.17, 15) is 14.4 Å². The third kappa shape index (κ3) is 3.30. The van der Waals surface area contributed by atoms with Crippen molar-refractivity contribution < 1.29 is 24.2 Å². The first-order valence-corrected chi connectivity index (χ1v) is 5.16. The summed E-state index contributed by atoms with van der Waals surface area (Å²) in [6, 6.07) is 0. The van der Waals surface area contributed by atoms with Gasteiger partial charge in [0.05, 0.1) is 6.61 Å². The lowest BCUT2D eigenvalue weighted by Crippen LogP contribution is -2.31. The minimum absolute atomic E-state index is 0.207. The Balaban J connectivity index is 2.72. The van der Waals surface area contributed by atoms with Gasteiger partial charge in [-0.3, -0.25) is 14.3 Å². The summed E-state index contributed by atoms with van der Waals surface area (Å²) in [7, 11) is 1.49. The fourth-order valence-electron chi connectivity index (χ4n) is 1.26. The molecule has 0 aliphatic rings. The van der Waals surface area contributed by atoms with Gasteiger partial charge in [0.2, 0.25) is 0 Å². The van der Waals surface area contributed by atoms with Gasteiger partial charge < -0.3 is 15.2 Å². The van der Waals surface area contributed by atoms with E-state index < -0.39 is 17.8 Å². The molecule has 1 aromatic heterocycles. The summed E-state index contributed by atoms with van der Waals surface area (Å²) < 4.78 is 5.83. The molecule has 0 saturated heterocycles. The zero-order valence-electron chi connectivity index (χ0n) is 9.97. The van der Waals surface area contributed by atoms with Gasteiger partial charge in [-0.25, -0.2) is 4.79 Å². The molecule has 8 heteroatoms. The highest BCUT2D eigenvalue weighted by Crippen LogP contribution is 2.05. The van der Waals surface area contributed by atoms with Gasteiger partial charge in [-0.2, -0.15) is 5.10 Å². The predicted octanol–water partition coefficient (Wildman–Crippen LogP) is -0.589. The van der Waals surface area contributed by atoms with Crippen LogP contribution in [0.5, 0.6) is 0 Å². The van der Waals surface area contributed by atoms with E-state index in [4.69, 9.17) is 5.11 Å². The lowest BCUT2D eigenvalue weighted by molar-refractivity contribution is -0.141. The highest BCUT2D eigenvalue weighted by Gasteiger charge is 2.21. The summed E-state index contributed by atoms with van der Waals surface area (Å²) in [5, 5.41) is 14.8. The van der Waals surface area contributed by atoms with Gasteiger partial charge in [-0.05, 0) is 6.92 Å². The Morgan fingerprint density at radius 2 is 2.17 bits per heavy atom. The van der Waals surface area contributed by atoms with Gasteiger partial charge in [0.1, 0.15) is 12.1 Å². The van der Waals surface area contributed by atoms with Crippen molar-refractivity contribution in [1.82, 2.24) is 15.1 Å². The number of esters is 1. The van der Waals surface area contributed by atoms with Gasteiger partial charge in [-0.15, -0.1) is 0 Å². The van der Waals surface area contributed by atoms with Crippen molar-refractivity contribution >= 4 is 17.8 Å². The first-order valence-electron chi connectivity index (χ1n) is 5.16. The van der Waals surface area contributed by atoms with Crippen LogP contribution in [0.2, 0.25) is 0 Å². The summed E-state index contributed by atoms with van der Waals surface area (Å²) in [4.78, 5) is 33.5. The van der Waals surface area contributed by atoms with Crippen molar-refractivity contribution in [3.63, 3.8) is 0 Å². The molecule has 1 aromatic rings. The number of carbonyl (C=O) groups is 3. The topological polar surface area (TPSA) is 111 Å². The summed E-state index contributed by atoms with van der Waals surface area (Å²) in [5.74, 6) is -2.59. The smallest absolute Gasteiger partial charge is 0.339 e. The molecule has 1 rings (SSSR count). The maximum absolute atomic E-state index is 11.6. The molecule has 8 nitrogen and oxygen atoms in total. The molecule has 1 amide bonds. The number of rotatable bonds is 5. The van der Waals surface area contributed by atoms with E-state index in [1.54, 1.807) is 6.92 Å². The molecule has 0 unspecified atom stereocenters. The van der Waals surface area contributed by atoms with Gasteiger partial charge in [-0.1, -0.05) is 0 Å². The molecule has 0 radical (unpaired) electrons. The molecule has 0 spiro atoms. The molecular formula is C10H13N3O5. The minimum Gasteiger partial charge on any atom is -0.478 e. The second-order valence-corrected chi connectivity index (χ2v) is 3.36. The largest absolute Gasteiger partial charge is 0.478 e. The average Bonchev–Trinajstić information content (AvgIpc) is 2.69. The number of carbonyl (C=O) groups excluding carboxylic acids is 2. The average molecular weight is 255 g/mol. The van der Waals surface area contributed by atoms with Crippen LogP contribution in [0, 0.1) is 0 Å². The van der Waals surface area contributed by atoms with E-state index >= 15 is 0 Å². The van der Waals surface area contributed by atoms with Gasteiger partial charge in [0.25, 0.3) is 5.91 Å². The summed E-state index contributed by atoms with van der Waals surface area (Å²) >= 11 is 0. The van der Waals surface area contributed by atoms with E-state index in [1.165, 1.54) is 17.9 Å². The Morgan fingerprint density at radius 3 is 2.72 bits per heavy atom. The zero-order chi connectivity index (χ0) is 13.7. The van der Waals surface area contributed by atoms with E-state index in [-0.39, 0.29) is 24.4 Å². The molecule has 18 heavy (non-hydrogen) atoms. The summed E-state index contributed by atoms with van der Waals surface area (Å²) in [5.41, 5.74) is -0.465. The summed E-state index contributed by atoms with van der Waals surface area (Å²) in [6.07, 6.45) is 1.21. The van der Waals surface area contributed by atoms with Crippen LogP contribution >= 0.6 is 0 Å². The number of hydrogen-bond acceptors (Lipinski definition) is 5. The quantitative estimate of drug-likeness (QED) is 0.680. The minimum atomic E-state index is -1.26. The lowest BCUT2D eigenvalue weighted by Gasteiger charge is -2.03. The van der Waals surface area contributed by atoms with Crippen molar-refractivity contribution in [3.05, 3.63) is 17.5 Å². The maximum atomic E-state index is 11.6. The molecule has 0 fully saturated rings. The number of nitrogens with one attached hydrogen (secondary N) is 1. The number of nitrogens with zero attached hydrogens (tertiary/aromatic N) is 2. The van der Waals surface area contributed by atoms with Crippen LogP contribution in [0.3, 0.4) is 0 Å². The third-order valence-corrected chi connectivity index (χ3v) is 1.97. The van der Waals surface area contributed by atoms with Crippen molar-refractivity contribution in [3.8, 4) is 0 Å². The van der Waals surface area contributed by atoms with Crippen LogP contribution < -0.4 is 5.32 Å². The van der Waals surface area contributed by atoms with Crippen LogP contribution in [0.1, 0.15) is 27.8 Å². The molecule has 98 valence electrons. The van der Waals surface area contributed by atoms with E-state index in [2.05, 4.69) is 15.2 Å². The zero-order valence-corrected chi connectivity index (χ0v) is 9.97. The van der Waals surface area contributed by atoms with E-state index in [0.29, 0.717) is 0 Å². The molecule has 1 heterocycles. The van der Waals surface area contributed by atoms with Crippen molar-refractivity contribution in [1.29, 1.82) is 0 Å². The van der Waals surface area contributed by atoms with Crippen LogP contribution in [-0.4, -0.2) is 45.9 Å². The molecule has 0 aliphatic heterocycles. The molecule has 2 N–H and O–H groups in total. The van der Waals surface area contributed by atoms with E-state index in [1.807, 2.05) is 0 Å². The molecular weight excluding hydrogens is 242 g/mol. The number of amides is 1. The molecule has 0 atom stereocenters. The number of aryl methyl sites for hydroxylation is 1.